The van der Waals surface area contributed by atoms with E-state index in [1.54, 1.807) is 11.1 Å². The van der Waals surface area contributed by atoms with Crippen molar-refractivity contribution in [3.8, 4) is 0 Å². The van der Waals surface area contributed by atoms with Crippen molar-refractivity contribution in [3.63, 3.8) is 0 Å². The smallest absolute Gasteiger partial charge is 0.262 e. The van der Waals surface area contributed by atoms with Crippen LogP contribution in [-0.2, 0) is 11.2 Å². The van der Waals surface area contributed by atoms with Gasteiger partial charge in [0.15, 0.2) is 0 Å². The van der Waals surface area contributed by atoms with Crippen molar-refractivity contribution in [3.05, 3.63) is 53.8 Å². The van der Waals surface area contributed by atoms with Gasteiger partial charge in [0.1, 0.15) is 0 Å². The van der Waals surface area contributed by atoms with E-state index in [4.69, 9.17) is 5.73 Å². The maximum absolute atomic E-state index is 11.9. The summed E-state index contributed by atoms with van der Waals surface area (Å²) in [6.45, 7) is 4.02. The molecule has 3 N–H and O–H groups in total. The van der Waals surface area contributed by atoms with Crippen molar-refractivity contribution in [2.24, 2.45) is 5.73 Å². The molecule has 0 saturated heterocycles. The van der Waals surface area contributed by atoms with Gasteiger partial charge in [-0.05, 0) is 37.0 Å². The molecule has 0 bridgehead atoms. The van der Waals surface area contributed by atoms with Crippen molar-refractivity contribution >= 4 is 11.6 Å². The molecule has 1 aliphatic rings. The van der Waals surface area contributed by atoms with E-state index >= 15 is 0 Å². The lowest BCUT2D eigenvalue weighted by molar-refractivity contribution is -0.116. The molecule has 2 rings (SSSR count). The second kappa shape index (κ2) is 7.80. The van der Waals surface area contributed by atoms with Crippen LogP contribution in [0.15, 0.2) is 42.6 Å². The summed E-state index contributed by atoms with van der Waals surface area (Å²) in [5.74, 6) is -0.142. The second-order valence-corrected chi connectivity index (χ2v) is 5.53. The van der Waals surface area contributed by atoms with E-state index < -0.39 is 0 Å². The molecule has 4 heteroatoms. The predicted octanol–water partition coefficient (Wildman–Crippen LogP) is 3.36. The SMILES string of the molecule is CC=CC(=O)NN1C=CC(N)c2cccc(CCCCC)c21. The number of hydrogen-bond donors (Lipinski definition) is 2. The van der Waals surface area contributed by atoms with Gasteiger partial charge < -0.3 is 5.73 Å². The molecule has 1 atom stereocenters. The van der Waals surface area contributed by atoms with Crippen molar-refractivity contribution in [2.45, 2.75) is 45.6 Å². The summed E-state index contributed by atoms with van der Waals surface area (Å²) in [7, 11) is 0. The zero-order chi connectivity index (χ0) is 15.9. The molecule has 0 radical (unpaired) electrons. The average molecular weight is 299 g/mol. The van der Waals surface area contributed by atoms with E-state index in [0.29, 0.717) is 0 Å². The normalized spacial score (nSPS) is 16.9. The van der Waals surface area contributed by atoms with Crippen LogP contribution in [0.25, 0.3) is 0 Å². The molecule has 0 saturated carbocycles. The Kier molecular flexibility index (Phi) is 5.78. The minimum absolute atomic E-state index is 0.129. The standard InChI is InChI=1S/C18H25N3O/c1-3-5-6-9-14-10-7-11-15-16(19)12-13-21(18(14)15)20-17(22)8-4-2/h4,7-8,10-13,16H,3,5-6,9,19H2,1-2H3,(H,20,22). The van der Waals surface area contributed by atoms with Crippen LogP contribution in [0.4, 0.5) is 5.69 Å². The minimum atomic E-state index is -0.142. The van der Waals surface area contributed by atoms with Crippen LogP contribution in [0, 0.1) is 0 Å². The Morgan fingerprint density at radius 2 is 2.23 bits per heavy atom. The Morgan fingerprint density at radius 1 is 1.41 bits per heavy atom. The van der Waals surface area contributed by atoms with Crippen LogP contribution in [0.1, 0.15) is 50.3 Å². The fourth-order valence-corrected chi connectivity index (χ4v) is 2.70. The number of nitrogens with two attached hydrogens (primary N) is 1. The second-order valence-electron chi connectivity index (χ2n) is 5.53. The molecular weight excluding hydrogens is 274 g/mol. The molecule has 0 aromatic heterocycles. The lowest BCUT2D eigenvalue weighted by atomic mass is 9.95. The molecule has 1 aliphatic heterocycles. The van der Waals surface area contributed by atoms with Gasteiger partial charge in [-0.15, -0.1) is 0 Å². The first-order chi connectivity index (χ1) is 10.7. The van der Waals surface area contributed by atoms with Crippen molar-refractivity contribution in [1.82, 2.24) is 5.43 Å². The molecule has 0 fully saturated rings. The molecule has 1 amide bonds. The molecule has 1 aromatic carbocycles. The number of hydrogen-bond acceptors (Lipinski definition) is 3. The number of unbranched alkanes of at least 4 members (excludes halogenated alkanes) is 2. The van der Waals surface area contributed by atoms with Crippen LogP contribution in [0.2, 0.25) is 0 Å². The number of para-hydroxylation sites is 1. The maximum atomic E-state index is 11.9. The highest BCUT2D eigenvalue weighted by Gasteiger charge is 2.22. The third-order valence-corrected chi connectivity index (χ3v) is 3.79. The largest absolute Gasteiger partial charge is 0.321 e. The Hall–Kier alpha value is -2.07. The number of benzene rings is 1. The van der Waals surface area contributed by atoms with Crippen LogP contribution in [0.3, 0.4) is 0 Å². The Balaban J connectivity index is 2.29. The van der Waals surface area contributed by atoms with Crippen molar-refractivity contribution in [1.29, 1.82) is 0 Å². The van der Waals surface area contributed by atoms with E-state index in [2.05, 4.69) is 18.4 Å². The van der Waals surface area contributed by atoms with Gasteiger partial charge in [0, 0.05) is 12.3 Å². The van der Waals surface area contributed by atoms with Crippen molar-refractivity contribution < 1.29 is 4.79 Å². The highest BCUT2D eigenvalue weighted by molar-refractivity contribution is 5.89. The van der Waals surface area contributed by atoms with Gasteiger partial charge >= 0.3 is 0 Å². The Labute approximate surface area is 132 Å². The fraction of sp³-hybridized carbons (Fsp3) is 0.389. The lowest BCUT2D eigenvalue weighted by Gasteiger charge is -2.31. The van der Waals surface area contributed by atoms with Gasteiger partial charge in [-0.3, -0.25) is 15.2 Å². The predicted molar refractivity (Wildman–Crippen MR) is 91.2 cm³/mol. The number of carbonyl (C=O) groups excluding carboxylic acids is 1. The summed E-state index contributed by atoms with van der Waals surface area (Å²) in [4.78, 5) is 11.9. The number of anilines is 1. The summed E-state index contributed by atoms with van der Waals surface area (Å²) in [6.07, 6.45) is 11.5. The van der Waals surface area contributed by atoms with Gasteiger partial charge in [0.25, 0.3) is 5.91 Å². The van der Waals surface area contributed by atoms with Gasteiger partial charge in [-0.25, -0.2) is 0 Å². The van der Waals surface area contributed by atoms with Crippen molar-refractivity contribution in [2.75, 3.05) is 5.01 Å². The maximum Gasteiger partial charge on any atom is 0.262 e. The van der Waals surface area contributed by atoms with E-state index in [1.165, 1.54) is 24.5 Å². The first kappa shape index (κ1) is 16.3. The molecule has 4 nitrogen and oxygen atoms in total. The van der Waals surface area contributed by atoms with E-state index in [9.17, 15) is 4.79 Å². The van der Waals surface area contributed by atoms with Gasteiger partial charge in [0.2, 0.25) is 0 Å². The summed E-state index contributed by atoms with van der Waals surface area (Å²) < 4.78 is 0. The third kappa shape index (κ3) is 3.77. The number of hydrazine groups is 1. The molecule has 1 heterocycles. The van der Waals surface area contributed by atoms with Crippen LogP contribution < -0.4 is 16.2 Å². The molecule has 22 heavy (non-hydrogen) atoms. The van der Waals surface area contributed by atoms with Crippen LogP contribution in [-0.4, -0.2) is 5.91 Å². The van der Waals surface area contributed by atoms with Gasteiger partial charge in [0.05, 0.1) is 11.7 Å². The van der Waals surface area contributed by atoms with E-state index in [1.807, 2.05) is 31.3 Å². The summed E-state index contributed by atoms with van der Waals surface area (Å²) in [5.41, 5.74) is 12.4. The van der Waals surface area contributed by atoms with Gasteiger partial charge in [-0.1, -0.05) is 44.0 Å². The van der Waals surface area contributed by atoms with Crippen LogP contribution in [0.5, 0.6) is 0 Å². The molecule has 0 aliphatic carbocycles. The molecule has 0 spiro atoms. The molecule has 118 valence electrons. The summed E-state index contributed by atoms with van der Waals surface area (Å²) >= 11 is 0. The first-order valence-electron chi connectivity index (χ1n) is 7.95. The molecule has 1 unspecified atom stereocenters. The number of nitrogens with zero attached hydrogens (tertiary/aromatic N) is 1. The first-order valence-corrected chi connectivity index (χ1v) is 7.95. The molecule has 1 aromatic rings. The summed E-state index contributed by atoms with van der Waals surface area (Å²) in [5, 5.41) is 1.79. The Morgan fingerprint density at radius 3 is 2.95 bits per heavy atom. The highest BCUT2D eigenvalue weighted by atomic mass is 16.2. The number of rotatable bonds is 6. The van der Waals surface area contributed by atoms with E-state index in [-0.39, 0.29) is 11.9 Å². The Bertz CT molecular complexity index is 578. The zero-order valence-electron chi connectivity index (χ0n) is 13.4. The third-order valence-electron chi connectivity index (χ3n) is 3.79. The number of nitrogens with one attached hydrogen (secondary N) is 1. The zero-order valence-corrected chi connectivity index (χ0v) is 13.4. The van der Waals surface area contributed by atoms with E-state index in [0.717, 1.165) is 24.1 Å². The number of allylic oxidation sites excluding steroid dienone is 1. The topological polar surface area (TPSA) is 58.4 Å². The number of amides is 1. The monoisotopic (exact) mass is 299 g/mol. The number of carbonyl (C=O) groups is 1. The lowest BCUT2D eigenvalue weighted by Crippen LogP contribution is -2.40. The fourth-order valence-electron chi connectivity index (χ4n) is 2.70. The van der Waals surface area contributed by atoms with Crippen LogP contribution >= 0.6 is 0 Å². The summed E-state index contributed by atoms with van der Waals surface area (Å²) in [6, 6.07) is 6.07. The minimum Gasteiger partial charge on any atom is -0.321 e. The quantitative estimate of drug-likeness (QED) is 0.625. The highest BCUT2D eigenvalue weighted by Crippen LogP contribution is 2.33. The number of aryl methyl sites for hydroxylation is 1. The molecular formula is C18H25N3O. The average Bonchev–Trinajstić information content (AvgIpc) is 2.51. The number of fused-ring (bicyclic) bond motifs is 1. The van der Waals surface area contributed by atoms with Gasteiger partial charge in [-0.2, -0.15) is 0 Å².